The summed E-state index contributed by atoms with van der Waals surface area (Å²) in [6.45, 7) is 2.51. The molecule has 0 aromatic heterocycles. The second kappa shape index (κ2) is 10.4. The van der Waals surface area contributed by atoms with Gasteiger partial charge in [0.2, 0.25) is 15.9 Å². The number of rotatable bonds is 7. The van der Waals surface area contributed by atoms with E-state index in [9.17, 15) is 13.2 Å². The molecular weight excluding hydrogens is 448 g/mol. The van der Waals surface area contributed by atoms with Crippen LogP contribution in [0.1, 0.15) is 35.6 Å². The highest BCUT2D eigenvalue weighted by Crippen LogP contribution is 2.28. The smallest absolute Gasteiger partial charge is 0.243 e. The average molecular weight is 479 g/mol. The zero-order valence-corrected chi connectivity index (χ0v) is 20.3. The third-order valence-corrected chi connectivity index (χ3v) is 8.16. The standard InChI is InChI=1S/C27H30N2O4S/c1-20-10-16-25(17-11-20)34(31,32)29-18-6-9-23(19-29)27(30)28-26(21-7-4-3-5-8-21)22-12-14-24(33-2)15-13-22/h3-5,7-8,10-17,23,26H,6,9,18-19H2,1-2H3,(H,28,30)/t23-,26+/m0/s1. The molecule has 1 amide bonds. The maximum absolute atomic E-state index is 13.4. The fourth-order valence-corrected chi connectivity index (χ4v) is 5.82. The van der Waals surface area contributed by atoms with E-state index in [-0.39, 0.29) is 23.4 Å². The van der Waals surface area contributed by atoms with Crippen LogP contribution in [0.3, 0.4) is 0 Å². The van der Waals surface area contributed by atoms with Crippen molar-refractivity contribution in [1.29, 1.82) is 0 Å². The largest absolute Gasteiger partial charge is 0.497 e. The van der Waals surface area contributed by atoms with Gasteiger partial charge in [-0.2, -0.15) is 4.31 Å². The van der Waals surface area contributed by atoms with Crippen LogP contribution in [0.15, 0.2) is 83.8 Å². The minimum Gasteiger partial charge on any atom is -0.497 e. The number of nitrogens with one attached hydrogen (secondary N) is 1. The van der Waals surface area contributed by atoms with E-state index in [4.69, 9.17) is 4.74 Å². The molecule has 7 heteroatoms. The Morgan fingerprint density at radius 3 is 2.26 bits per heavy atom. The van der Waals surface area contributed by atoms with Crippen molar-refractivity contribution in [2.75, 3.05) is 20.2 Å². The van der Waals surface area contributed by atoms with Gasteiger partial charge >= 0.3 is 0 Å². The number of piperidine rings is 1. The lowest BCUT2D eigenvalue weighted by Crippen LogP contribution is -2.46. The third-order valence-electron chi connectivity index (χ3n) is 6.28. The molecule has 6 nitrogen and oxygen atoms in total. The molecular formula is C27H30N2O4S. The second-order valence-electron chi connectivity index (χ2n) is 8.64. The Morgan fingerprint density at radius 2 is 1.62 bits per heavy atom. The molecule has 1 fully saturated rings. The van der Waals surface area contributed by atoms with E-state index < -0.39 is 15.9 Å². The van der Waals surface area contributed by atoms with Crippen molar-refractivity contribution in [1.82, 2.24) is 9.62 Å². The van der Waals surface area contributed by atoms with Gasteiger partial charge in [-0.1, -0.05) is 60.2 Å². The van der Waals surface area contributed by atoms with Crippen LogP contribution >= 0.6 is 0 Å². The van der Waals surface area contributed by atoms with Crippen LogP contribution in [0, 0.1) is 12.8 Å². The molecule has 0 unspecified atom stereocenters. The Kier molecular flexibility index (Phi) is 7.34. The Bertz CT molecular complexity index is 1210. The summed E-state index contributed by atoms with van der Waals surface area (Å²) in [4.78, 5) is 13.6. The number of aryl methyl sites for hydroxylation is 1. The van der Waals surface area contributed by atoms with E-state index in [0.717, 1.165) is 22.4 Å². The number of methoxy groups -OCH3 is 1. The van der Waals surface area contributed by atoms with Crippen LogP contribution in [-0.4, -0.2) is 38.8 Å². The van der Waals surface area contributed by atoms with E-state index in [1.54, 1.807) is 31.4 Å². The summed E-state index contributed by atoms with van der Waals surface area (Å²) < 4.78 is 33.1. The van der Waals surface area contributed by atoms with E-state index in [0.29, 0.717) is 19.4 Å². The number of carbonyl (C=O) groups is 1. The molecule has 1 heterocycles. The van der Waals surface area contributed by atoms with Gasteiger partial charge in [-0.15, -0.1) is 0 Å². The molecule has 0 bridgehead atoms. The van der Waals surface area contributed by atoms with Gasteiger partial charge in [-0.25, -0.2) is 8.42 Å². The highest BCUT2D eigenvalue weighted by molar-refractivity contribution is 7.89. The van der Waals surface area contributed by atoms with E-state index in [1.807, 2.05) is 61.5 Å². The first kappa shape index (κ1) is 24.0. The first-order valence-corrected chi connectivity index (χ1v) is 12.9. The van der Waals surface area contributed by atoms with Crippen LogP contribution in [0.5, 0.6) is 5.75 Å². The monoisotopic (exact) mass is 478 g/mol. The van der Waals surface area contributed by atoms with Crippen molar-refractivity contribution in [3.63, 3.8) is 0 Å². The maximum Gasteiger partial charge on any atom is 0.243 e. The zero-order valence-electron chi connectivity index (χ0n) is 19.5. The lowest BCUT2D eigenvalue weighted by atomic mass is 9.95. The van der Waals surface area contributed by atoms with Crippen molar-refractivity contribution < 1.29 is 17.9 Å². The number of ether oxygens (including phenoxy) is 1. The summed E-state index contributed by atoms with van der Waals surface area (Å²) in [6.07, 6.45) is 1.29. The normalized spacial score (nSPS) is 17.6. The number of nitrogens with zero attached hydrogens (tertiary/aromatic N) is 1. The van der Waals surface area contributed by atoms with Crippen LogP contribution in [0.2, 0.25) is 0 Å². The van der Waals surface area contributed by atoms with Crippen LogP contribution in [0.25, 0.3) is 0 Å². The SMILES string of the molecule is COc1ccc([C@H](NC(=O)[C@H]2CCCN(S(=O)(=O)c3ccc(C)cc3)C2)c2ccccc2)cc1. The Labute approximate surface area is 201 Å². The number of amides is 1. The van der Waals surface area contributed by atoms with Gasteiger partial charge in [0.1, 0.15) is 5.75 Å². The van der Waals surface area contributed by atoms with Crippen molar-refractivity contribution >= 4 is 15.9 Å². The van der Waals surface area contributed by atoms with Gasteiger partial charge in [-0.05, 0) is 55.2 Å². The minimum absolute atomic E-state index is 0.145. The fourth-order valence-electron chi connectivity index (χ4n) is 4.30. The molecule has 0 aliphatic carbocycles. The Balaban J connectivity index is 1.53. The first-order valence-electron chi connectivity index (χ1n) is 11.4. The highest BCUT2D eigenvalue weighted by Gasteiger charge is 2.34. The first-order chi connectivity index (χ1) is 16.4. The molecule has 3 aromatic rings. The maximum atomic E-state index is 13.4. The number of sulfonamides is 1. The van der Waals surface area contributed by atoms with Gasteiger partial charge < -0.3 is 10.1 Å². The zero-order chi connectivity index (χ0) is 24.1. The molecule has 4 rings (SSSR count). The molecule has 0 radical (unpaired) electrons. The van der Waals surface area contributed by atoms with E-state index in [1.165, 1.54) is 4.31 Å². The number of hydrogen-bond donors (Lipinski definition) is 1. The topological polar surface area (TPSA) is 75.7 Å². The van der Waals surface area contributed by atoms with E-state index in [2.05, 4.69) is 5.32 Å². The van der Waals surface area contributed by atoms with Crippen molar-refractivity contribution in [3.05, 3.63) is 95.6 Å². The molecule has 1 aliphatic rings. The molecule has 1 saturated heterocycles. The van der Waals surface area contributed by atoms with Gasteiger partial charge in [0.05, 0.1) is 24.0 Å². The van der Waals surface area contributed by atoms with Crippen LogP contribution in [0.4, 0.5) is 0 Å². The quantitative estimate of drug-likeness (QED) is 0.549. The Morgan fingerprint density at radius 1 is 0.971 bits per heavy atom. The molecule has 1 aliphatic heterocycles. The predicted octanol–water partition coefficient (Wildman–Crippen LogP) is 4.31. The minimum atomic E-state index is -3.65. The molecule has 1 N–H and O–H groups in total. The summed E-state index contributed by atoms with van der Waals surface area (Å²) in [6, 6.07) is 23.9. The van der Waals surface area contributed by atoms with Crippen molar-refractivity contribution in [3.8, 4) is 5.75 Å². The molecule has 0 saturated carbocycles. The van der Waals surface area contributed by atoms with Gasteiger partial charge in [-0.3, -0.25) is 4.79 Å². The average Bonchev–Trinajstić information content (AvgIpc) is 2.88. The van der Waals surface area contributed by atoms with Gasteiger partial charge in [0.15, 0.2) is 0 Å². The summed E-state index contributed by atoms with van der Waals surface area (Å²) in [5, 5.41) is 3.17. The molecule has 34 heavy (non-hydrogen) atoms. The Hall–Kier alpha value is -3.16. The fraction of sp³-hybridized carbons (Fsp3) is 0.296. The van der Waals surface area contributed by atoms with Crippen molar-refractivity contribution in [2.24, 2.45) is 5.92 Å². The summed E-state index contributed by atoms with van der Waals surface area (Å²) in [5.74, 6) is 0.179. The van der Waals surface area contributed by atoms with Crippen LogP contribution in [-0.2, 0) is 14.8 Å². The van der Waals surface area contributed by atoms with Gasteiger partial charge in [0.25, 0.3) is 0 Å². The van der Waals surface area contributed by atoms with Crippen LogP contribution < -0.4 is 10.1 Å². The molecule has 2 atom stereocenters. The van der Waals surface area contributed by atoms with E-state index >= 15 is 0 Å². The lowest BCUT2D eigenvalue weighted by Gasteiger charge is -2.32. The number of carbonyl (C=O) groups excluding carboxylic acids is 1. The molecule has 178 valence electrons. The summed E-state index contributed by atoms with van der Waals surface area (Å²) in [7, 11) is -2.03. The molecule has 0 spiro atoms. The number of hydrogen-bond acceptors (Lipinski definition) is 4. The summed E-state index contributed by atoms with van der Waals surface area (Å²) >= 11 is 0. The van der Waals surface area contributed by atoms with Gasteiger partial charge in [0, 0.05) is 13.1 Å². The lowest BCUT2D eigenvalue weighted by molar-refractivity contribution is -0.126. The second-order valence-corrected chi connectivity index (χ2v) is 10.6. The van der Waals surface area contributed by atoms with Crippen molar-refractivity contribution in [2.45, 2.75) is 30.7 Å². The molecule has 3 aromatic carbocycles. The number of benzene rings is 3. The summed E-state index contributed by atoms with van der Waals surface area (Å²) in [5.41, 5.74) is 2.89. The highest BCUT2D eigenvalue weighted by atomic mass is 32.2. The third kappa shape index (κ3) is 5.32. The predicted molar refractivity (Wildman–Crippen MR) is 132 cm³/mol.